The molecule has 2 nitrogen and oxygen atoms in total. The molecule has 1 fully saturated rings. The van der Waals surface area contributed by atoms with Crippen LogP contribution in [0, 0.1) is 23.4 Å². The van der Waals surface area contributed by atoms with E-state index < -0.39 is 17.5 Å². The second-order valence-corrected chi connectivity index (χ2v) is 5.34. The Labute approximate surface area is 111 Å². The van der Waals surface area contributed by atoms with Crippen molar-refractivity contribution in [2.45, 2.75) is 25.8 Å². The fourth-order valence-corrected chi connectivity index (χ4v) is 2.64. The van der Waals surface area contributed by atoms with Crippen LogP contribution < -0.4 is 5.32 Å². The summed E-state index contributed by atoms with van der Waals surface area (Å²) in [4.78, 5) is 2.21. The third-order valence-electron chi connectivity index (χ3n) is 3.75. The van der Waals surface area contributed by atoms with Crippen LogP contribution in [-0.4, -0.2) is 31.1 Å². The molecule has 1 N–H and O–H groups in total. The topological polar surface area (TPSA) is 15.3 Å². The Morgan fingerprint density at radius 2 is 1.89 bits per heavy atom. The van der Waals surface area contributed by atoms with Crippen molar-refractivity contribution >= 4 is 5.69 Å². The maximum atomic E-state index is 13.6. The van der Waals surface area contributed by atoms with Gasteiger partial charge in [-0.05, 0) is 39.3 Å². The largest absolute Gasteiger partial charge is 0.378 e. The van der Waals surface area contributed by atoms with Gasteiger partial charge in [0.25, 0.3) is 0 Å². The highest BCUT2D eigenvalue weighted by Gasteiger charge is 2.24. The van der Waals surface area contributed by atoms with Crippen LogP contribution in [0.1, 0.15) is 19.8 Å². The number of likely N-dealkylation sites (tertiary alicyclic amines) is 1. The van der Waals surface area contributed by atoms with Gasteiger partial charge in [0.05, 0.1) is 0 Å². The van der Waals surface area contributed by atoms with Gasteiger partial charge in [-0.15, -0.1) is 0 Å². The number of nitrogens with zero attached hydrogens (tertiary/aromatic N) is 1. The van der Waals surface area contributed by atoms with Gasteiger partial charge in [0.1, 0.15) is 11.5 Å². The molecule has 0 aromatic heterocycles. The lowest BCUT2D eigenvalue weighted by atomic mass is 9.91. The Bertz CT molecular complexity index is 427. The first-order chi connectivity index (χ1) is 8.97. The van der Waals surface area contributed by atoms with E-state index in [-0.39, 0.29) is 11.7 Å². The summed E-state index contributed by atoms with van der Waals surface area (Å²) in [6.07, 6.45) is 2.12. The second-order valence-electron chi connectivity index (χ2n) is 5.34. The molecule has 1 saturated heterocycles. The zero-order valence-corrected chi connectivity index (χ0v) is 11.2. The van der Waals surface area contributed by atoms with E-state index >= 15 is 0 Å². The lowest BCUT2D eigenvalue weighted by molar-refractivity contribution is 0.197. The van der Waals surface area contributed by atoms with E-state index in [0.717, 1.165) is 25.9 Å². The first-order valence-corrected chi connectivity index (χ1v) is 6.57. The molecular formula is C14H19F3N2. The van der Waals surface area contributed by atoms with Crippen LogP contribution >= 0.6 is 0 Å². The van der Waals surface area contributed by atoms with Crippen LogP contribution in [0.2, 0.25) is 0 Å². The molecule has 0 spiro atoms. The summed E-state index contributed by atoms with van der Waals surface area (Å²) in [5.74, 6) is -2.32. The monoisotopic (exact) mass is 272 g/mol. The SMILES string of the molecule is CC(Nc1c(F)cc(F)cc1F)C1CCCN(C)C1. The molecule has 2 atom stereocenters. The molecule has 0 radical (unpaired) electrons. The quantitative estimate of drug-likeness (QED) is 0.908. The van der Waals surface area contributed by atoms with Crippen molar-refractivity contribution in [1.82, 2.24) is 4.90 Å². The van der Waals surface area contributed by atoms with Crippen LogP contribution in [0.5, 0.6) is 0 Å². The molecule has 1 aromatic rings. The van der Waals surface area contributed by atoms with E-state index in [2.05, 4.69) is 10.2 Å². The summed E-state index contributed by atoms with van der Waals surface area (Å²) >= 11 is 0. The Morgan fingerprint density at radius 3 is 2.47 bits per heavy atom. The Kier molecular flexibility index (Phi) is 4.34. The molecule has 106 valence electrons. The van der Waals surface area contributed by atoms with Crippen molar-refractivity contribution in [2.24, 2.45) is 5.92 Å². The van der Waals surface area contributed by atoms with Crippen LogP contribution in [0.15, 0.2) is 12.1 Å². The molecule has 1 aliphatic heterocycles. The van der Waals surface area contributed by atoms with Gasteiger partial charge in [0.15, 0.2) is 11.6 Å². The van der Waals surface area contributed by atoms with Crippen molar-refractivity contribution in [1.29, 1.82) is 0 Å². The van der Waals surface area contributed by atoms with E-state index in [1.165, 1.54) is 0 Å². The fraction of sp³-hybridized carbons (Fsp3) is 0.571. The lowest BCUT2D eigenvalue weighted by Gasteiger charge is -2.34. The van der Waals surface area contributed by atoms with E-state index in [9.17, 15) is 13.2 Å². The van der Waals surface area contributed by atoms with Gasteiger partial charge in [-0.3, -0.25) is 0 Å². The molecule has 0 aliphatic carbocycles. The smallest absolute Gasteiger partial charge is 0.152 e. The Hall–Kier alpha value is -1.23. The number of hydrogen-bond donors (Lipinski definition) is 1. The van der Waals surface area contributed by atoms with Gasteiger partial charge in [-0.2, -0.15) is 0 Å². The maximum absolute atomic E-state index is 13.6. The van der Waals surface area contributed by atoms with E-state index in [4.69, 9.17) is 0 Å². The van der Waals surface area contributed by atoms with Crippen molar-refractivity contribution in [3.63, 3.8) is 0 Å². The molecule has 1 aliphatic rings. The highest BCUT2D eigenvalue weighted by atomic mass is 19.1. The molecule has 0 saturated carbocycles. The summed E-state index contributed by atoms with van der Waals surface area (Å²) in [5, 5.41) is 2.85. The van der Waals surface area contributed by atoms with Gasteiger partial charge in [0.2, 0.25) is 0 Å². The molecular weight excluding hydrogens is 253 g/mol. The zero-order chi connectivity index (χ0) is 14.0. The molecule has 5 heteroatoms. The van der Waals surface area contributed by atoms with Crippen molar-refractivity contribution < 1.29 is 13.2 Å². The van der Waals surface area contributed by atoms with Crippen molar-refractivity contribution in [3.05, 3.63) is 29.6 Å². The lowest BCUT2D eigenvalue weighted by Crippen LogP contribution is -2.40. The molecule has 2 rings (SSSR count). The van der Waals surface area contributed by atoms with Gasteiger partial charge in [-0.25, -0.2) is 13.2 Å². The third-order valence-corrected chi connectivity index (χ3v) is 3.75. The van der Waals surface area contributed by atoms with Gasteiger partial charge >= 0.3 is 0 Å². The maximum Gasteiger partial charge on any atom is 0.152 e. The van der Waals surface area contributed by atoms with Gasteiger partial charge in [-0.1, -0.05) is 0 Å². The summed E-state index contributed by atoms with van der Waals surface area (Å²) in [5.41, 5.74) is -0.234. The first-order valence-electron chi connectivity index (χ1n) is 6.57. The molecule has 2 unspecified atom stereocenters. The third kappa shape index (κ3) is 3.41. The minimum atomic E-state index is -0.898. The van der Waals surface area contributed by atoms with Gasteiger partial charge < -0.3 is 10.2 Å². The predicted molar refractivity (Wildman–Crippen MR) is 69.6 cm³/mol. The number of piperidine rings is 1. The normalized spacial score (nSPS) is 22.3. The first kappa shape index (κ1) is 14.2. The molecule has 1 heterocycles. The number of benzene rings is 1. The minimum absolute atomic E-state index is 0.0581. The van der Waals surface area contributed by atoms with Crippen molar-refractivity contribution in [2.75, 3.05) is 25.5 Å². The van der Waals surface area contributed by atoms with Crippen LogP contribution in [0.25, 0.3) is 0 Å². The second kappa shape index (κ2) is 5.82. The standard InChI is InChI=1S/C14H19F3N2/c1-9(10-4-3-5-19(2)8-10)18-14-12(16)6-11(15)7-13(14)17/h6-7,9-10,18H,3-5,8H2,1-2H3. The molecule has 0 bridgehead atoms. The number of rotatable bonds is 3. The minimum Gasteiger partial charge on any atom is -0.378 e. The highest BCUT2D eigenvalue weighted by Crippen LogP contribution is 2.25. The van der Waals surface area contributed by atoms with E-state index in [0.29, 0.717) is 18.1 Å². The summed E-state index contributed by atoms with van der Waals surface area (Å²) in [6.45, 7) is 3.87. The Balaban J connectivity index is 2.08. The highest BCUT2D eigenvalue weighted by molar-refractivity contribution is 5.47. The van der Waals surface area contributed by atoms with E-state index in [1.54, 1.807) is 0 Å². The van der Waals surface area contributed by atoms with Crippen LogP contribution in [0.3, 0.4) is 0 Å². The summed E-state index contributed by atoms with van der Waals surface area (Å²) in [7, 11) is 2.04. The number of hydrogen-bond acceptors (Lipinski definition) is 2. The van der Waals surface area contributed by atoms with E-state index in [1.807, 2.05) is 14.0 Å². The van der Waals surface area contributed by atoms with Crippen LogP contribution in [-0.2, 0) is 0 Å². The number of halogens is 3. The molecule has 1 aromatic carbocycles. The zero-order valence-electron chi connectivity index (χ0n) is 11.2. The summed E-state index contributed by atoms with van der Waals surface area (Å²) < 4.78 is 40.0. The summed E-state index contributed by atoms with van der Waals surface area (Å²) in [6, 6.07) is 1.34. The number of nitrogens with one attached hydrogen (secondary N) is 1. The molecule has 19 heavy (non-hydrogen) atoms. The fourth-order valence-electron chi connectivity index (χ4n) is 2.64. The average Bonchev–Trinajstić information content (AvgIpc) is 2.33. The van der Waals surface area contributed by atoms with Crippen molar-refractivity contribution in [3.8, 4) is 0 Å². The molecule has 0 amide bonds. The van der Waals surface area contributed by atoms with Gasteiger partial charge in [0, 0.05) is 24.7 Å². The predicted octanol–water partition coefficient (Wildman–Crippen LogP) is 3.25. The average molecular weight is 272 g/mol. The Morgan fingerprint density at radius 1 is 1.26 bits per heavy atom. The number of anilines is 1. The van der Waals surface area contributed by atoms with Crippen LogP contribution in [0.4, 0.5) is 18.9 Å².